The highest BCUT2D eigenvalue weighted by molar-refractivity contribution is 6.04. The Labute approximate surface area is 187 Å². The van der Waals surface area contributed by atoms with E-state index in [-0.39, 0.29) is 18.1 Å². The molecule has 0 unspecified atom stereocenters. The molecule has 1 fully saturated rings. The molecule has 0 saturated carbocycles. The van der Waals surface area contributed by atoms with Crippen molar-refractivity contribution in [1.29, 1.82) is 0 Å². The van der Waals surface area contributed by atoms with Crippen LogP contribution in [0.4, 0.5) is 11.4 Å². The maximum absolute atomic E-state index is 12.7. The minimum atomic E-state index is -0.559. The number of nitrogens with one attached hydrogen (secondary N) is 1. The Morgan fingerprint density at radius 3 is 2.50 bits per heavy atom. The van der Waals surface area contributed by atoms with Crippen molar-refractivity contribution < 1.29 is 14.3 Å². The van der Waals surface area contributed by atoms with Crippen LogP contribution in [0.15, 0.2) is 67.0 Å². The molecule has 0 spiro atoms. The number of amides is 2. The summed E-state index contributed by atoms with van der Waals surface area (Å²) in [6, 6.07) is 16.7. The lowest BCUT2D eigenvalue weighted by Gasteiger charge is -2.28. The number of anilines is 2. The molecule has 2 heterocycles. The summed E-state index contributed by atoms with van der Waals surface area (Å²) in [7, 11) is 0. The van der Waals surface area contributed by atoms with Crippen molar-refractivity contribution in [3.05, 3.63) is 83.7 Å². The first-order chi connectivity index (χ1) is 15.6. The molecular weight excluding hydrogens is 404 g/mol. The number of aromatic nitrogens is 1. The Morgan fingerprint density at radius 1 is 0.969 bits per heavy atom. The van der Waals surface area contributed by atoms with Gasteiger partial charge in [-0.1, -0.05) is 12.1 Å². The molecule has 1 aliphatic rings. The molecule has 3 N–H and O–H groups in total. The summed E-state index contributed by atoms with van der Waals surface area (Å²) in [6.45, 7) is 2.41. The van der Waals surface area contributed by atoms with Crippen LogP contribution in [-0.4, -0.2) is 29.9 Å². The number of benzene rings is 2. The van der Waals surface area contributed by atoms with Gasteiger partial charge in [-0.25, -0.2) is 0 Å². The molecule has 4 rings (SSSR count). The first-order valence-electron chi connectivity index (χ1n) is 10.7. The fraction of sp³-hybridized carbons (Fsp3) is 0.240. The van der Waals surface area contributed by atoms with Gasteiger partial charge in [-0.05, 0) is 67.3 Å². The van der Waals surface area contributed by atoms with Crippen LogP contribution in [0, 0.1) is 0 Å². The fourth-order valence-electron chi connectivity index (χ4n) is 3.72. The molecule has 0 bridgehead atoms. The van der Waals surface area contributed by atoms with Gasteiger partial charge in [0, 0.05) is 36.2 Å². The standard InChI is InChI=1S/C25H26N4O3/c26-24(30)20-14-23(16-27-15-20)32-17-18-5-4-6-21(13-18)28-25(31)19-7-9-22(10-8-19)29-11-2-1-3-12-29/h4-10,13-16H,1-3,11-12,17H2,(H2,26,30)(H,28,31). The van der Waals surface area contributed by atoms with Crippen LogP contribution in [0.25, 0.3) is 0 Å². The molecule has 0 atom stereocenters. The van der Waals surface area contributed by atoms with Crippen LogP contribution in [0.3, 0.4) is 0 Å². The number of piperidine rings is 1. The minimum Gasteiger partial charge on any atom is -0.487 e. The van der Waals surface area contributed by atoms with Gasteiger partial charge >= 0.3 is 0 Å². The smallest absolute Gasteiger partial charge is 0.255 e. The number of nitrogens with zero attached hydrogens (tertiary/aromatic N) is 2. The average molecular weight is 431 g/mol. The van der Waals surface area contributed by atoms with E-state index in [1.54, 1.807) is 6.07 Å². The van der Waals surface area contributed by atoms with Gasteiger partial charge in [0.15, 0.2) is 0 Å². The van der Waals surface area contributed by atoms with Crippen LogP contribution < -0.4 is 20.7 Å². The predicted molar refractivity (Wildman–Crippen MR) is 124 cm³/mol. The normalized spacial score (nSPS) is 13.4. The molecule has 32 heavy (non-hydrogen) atoms. The second kappa shape index (κ2) is 9.96. The number of nitrogens with two attached hydrogens (primary N) is 1. The molecule has 3 aromatic rings. The van der Waals surface area contributed by atoms with E-state index in [1.165, 1.54) is 31.7 Å². The number of pyridine rings is 1. The van der Waals surface area contributed by atoms with E-state index in [2.05, 4.69) is 15.2 Å². The second-order valence-corrected chi connectivity index (χ2v) is 7.81. The van der Waals surface area contributed by atoms with Crippen LogP contribution >= 0.6 is 0 Å². The second-order valence-electron chi connectivity index (χ2n) is 7.81. The van der Waals surface area contributed by atoms with Crippen molar-refractivity contribution >= 4 is 23.2 Å². The molecule has 2 amide bonds. The van der Waals surface area contributed by atoms with Gasteiger partial charge in [-0.3, -0.25) is 14.6 Å². The first kappa shape index (κ1) is 21.4. The molecule has 7 heteroatoms. The first-order valence-corrected chi connectivity index (χ1v) is 10.7. The third kappa shape index (κ3) is 5.43. The minimum absolute atomic E-state index is 0.161. The summed E-state index contributed by atoms with van der Waals surface area (Å²) in [5, 5.41) is 2.94. The predicted octanol–water partition coefficient (Wildman–Crippen LogP) is 4.00. The van der Waals surface area contributed by atoms with Crippen LogP contribution in [0.2, 0.25) is 0 Å². The number of primary amides is 1. The zero-order chi connectivity index (χ0) is 22.3. The Kier molecular flexibility index (Phi) is 6.65. The number of ether oxygens (including phenoxy) is 1. The van der Waals surface area contributed by atoms with Crippen molar-refractivity contribution in [3.8, 4) is 5.75 Å². The maximum atomic E-state index is 12.7. The van der Waals surface area contributed by atoms with Gasteiger partial charge in [0.2, 0.25) is 5.91 Å². The Morgan fingerprint density at radius 2 is 1.75 bits per heavy atom. The van der Waals surface area contributed by atoms with Crippen molar-refractivity contribution in [3.63, 3.8) is 0 Å². The zero-order valence-electron chi connectivity index (χ0n) is 17.8. The van der Waals surface area contributed by atoms with E-state index in [0.29, 0.717) is 17.0 Å². The van der Waals surface area contributed by atoms with E-state index in [1.807, 2.05) is 48.5 Å². The highest BCUT2D eigenvalue weighted by atomic mass is 16.5. The molecule has 164 valence electrons. The summed E-state index contributed by atoms with van der Waals surface area (Å²) in [4.78, 5) is 30.3. The molecule has 1 aromatic heterocycles. The molecule has 0 aliphatic carbocycles. The van der Waals surface area contributed by atoms with E-state index in [9.17, 15) is 9.59 Å². The summed E-state index contributed by atoms with van der Waals surface area (Å²) < 4.78 is 5.71. The van der Waals surface area contributed by atoms with Crippen molar-refractivity contribution in [1.82, 2.24) is 4.98 Å². The third-order valence-corrected chi connectivity index (χ3v) is 5.44. The Hall–Kier alpha value is -3.87. The summed E-state index contributed by atoms with van der Waals surface area (Å²) in [5.74, 6) is -0.271. The molecule has 1 aliphatic heterocycles. The summed E-state index contributed by atoms with van der Waals surface area (Å²) in [6.07, 6.45) is 6.64. The summed E-state index contributed by atoms with van der Waals surface area (Å²) in [5.41, 5.74) is 8.88. The van der Waals surface area contributed by atoms with Gasteiger partial charge in [0.05, 0.1) is 11.8 Å². The van der Waals surface area contributed by atoms with Gasteiger partial charge in [0.25, 0.3) is 5.91 Å². The molecule has 1 saturated heterocycles. The van der Waals surface area contributed by atoms with Gasteiger partial charge in [0.1, 0.15) is 12.4 Å². The quantitative estimate of drug-likeness (QED) is 0.590. The van der Waals surface area contributed by atoms with Gasteiger partial charge in [-0.15, -0.1) is 0 Å². The highest BCUT2D eigenvalue weighted by Gasteiger charge is 2.12. The number of rotatable bonds is 7. The largest absolute Gasteiger partial charge is 0.487 e. The van der Waals surface area contributed by atoms with Crippen molar-refractivity contribution in [2.24, 2.45) is 5.73 Å². The average Bonchev–Trinajstić information content (AvgIpc) is 2.84. The van der Waals surface area contributed by atoms with E-state index in [4.69, 9.17) is 10.5 Å². The lowest BCUT2D eigenvalue weighted by molar-refractivity contribution is 0.0997. The number of hydrogen-bond acceptors (Lipinski definition) is 5. The Bertz CT molecular complexity index is 1090. The van der Waals surface area contributed by atoms with Crippen LogP contribution in [0.5, 0.6) is 5.75 Å². The van der Waals surface area contributed by atoms with Crippen molar-refractivity contribution in [2.75, 3.05) is 23.3 Å². The number of hydrogen-bond donors (Lipinski definition) is 2. The fourth-order valence-corrected chi connectivity index (χ4v) is 3.72. The summed E-state index contributed by atoms with van der Waals surface area (Å²) >= 11 is 0. The van der Waals surface area contributed by atoms with Gasteiger partial charge in [-0.2, -0.15) is 0 Å². The maximum Gasteiger partial charge on any atom is 0.255 e. The van der Waals surface area contributed by atoms with Gasteiger partial charge < -0.3 is 20.7 Å². The van der Waals surface area contributed by atoms with Crippen LogP contribution in [-0.2, 0) is 6.61 Å². The van der Waals surface area contributed by atoms with Crippen molar-refractivity contribution in [2.45, 2.75) is 25.9 Å². The number of carbonyl (C=O) groups excluding carboxylic acids is 2. The molecular formula is C25H26N4O3. The third-order valence-electron chi connectivity index (χ3n) is 5.44. The lowest BCUT2D eigenvalue weighted by atomic mass is 10.1. The molecule has 2 aromatic carbocycles. The molecule has 0 radical (unpaired) electrons. The lowest BCUT2D eigenvalue weighted by Crippen LogP contribution is -2.29. The van der Waals surface area contributed by atoms with E-state index >= 15 is 0 Å². The topological polar surface area (TPSA) is 97.5 Å². The monoisotopic (exact) mass is 430 g/mol. The van der Waals surface area contributed by atoms with E-state index in [0.717, 1.165) is 24.3 Å². The zero-order valence-corrected chi connectivity index (χ0v) is 17.8. The number of carbonyl (C=O) groups is 2. The van der Waals surface area contributed by atoms with E-state index < -0.39 is 5.91 Å². The Balaban J connectivity index is 1.36. The SMILES string of the molecule is NC(=O)c1cncc(OCc2cccc(NC(=O)c3ccc(N4CCCCC4)cc3)c2)c1. The van der Waals surface area contributed by atoms with Crippen LogP contribution in [0.1, 0.15) is 45.5 Å². The molecule has 7 nitrogen and oxygen atoms in total. The highest BCUT2D eigenvalue weighted by Crippen LogP contribution is 2.21.